The number of halogens is 1. The molecule has 0 radical (unpaired) electrons. The lowest BCUT2D eigenvalue weighted by Crippen LogP contribution is -2.43. The number of nitrogens with zero attached hydrogens (tertiary/aromatic N) is 1. The Morgan fingerprint density at radius 2 is 2.12 bits per heavy atom. The van der Waals surface area contributed by atoms with Crippen LogP contribution in [0.15, 0.2) is 41.3 Å². The second kappa shape index (κ2) is 6.41. The number of nitrogens with one attached hydrogen (secondary N) is 1. The monoisotopic (exact) mass is 358 g/mol. The van der Waals surface area contributed by atoms with Gasteiger partial charge in [0.15, 0.2) is 6.29 Å². The van der Waals surface area contributed by atoms with Gasteiger partial charge in [-0.2, -0.15) is 0 Å². The zero-order chi connectivity index (χ0) is 17.4. The summed E-state index contributed by atoms with van der Waals surface area (Å²) in [4.78, 5) is 28.2. The van der Waals surface area contributed by atoms with Crippen LogP contribution < -0.4 is 5.56 Å². The van der Waals surface area contributed by atoms with Crippen molar-refractivity contribution < 1.29 is 9.53 Å². The molecule has 0 amide bonds. The SMILES string of the molecule is O=CC1OC2(CCN(Cc3ccc[nH]c3=O)CC2)c2cc(Cl)ccc21. The van der Waals surface area contributed by atoms with Crippen LogP contribution in [0.3, 0.4) is 0 Å². The van der Waals surface area contributed by atoms with Crippen LogP contribution in [0.1, 0.15) is 35.6 Å². The molecule has 6 heteroatoms. The molecule has 1 fully saturated rings. The van der Waals surface area contributed by atoms with Gasteiger partial charge in [0.25, 0.3) is 5.56 Å². The van der Waals surface area contributed by atoms with E-state index in [-0.39, 0.29) is 5.56 Å². The van der Waals surface area contributed by atoms with Crippen molar-refractivity contribution in [3.63, 3.8) is 0 Å². The summed E-state index contributed by atoms with van der Waals surface area (Å²) in [6.45, 7) is 2.21. The number of hydrogen-bond acceptors (Lipinski definition) is 4. The van der Waals surface area contributed by atoms with Crippen LogP contribution in [-0.4, -0.2) is 29.3 Å². The van der Waals surface area contributed by atoms with Gasteiger partial charge in [-0.05, 0) is 42.2 Å². The molecule has 1 N–H and O–H groups in total. The van der Waals surface area contributed by atoms with Gasteiger partial charge < -0.3 is 14.5 Å². The second-order valence-electron chi connectivity index (χ2n) is 6.70. The quantitative estimate of drug-likeness (QED) is 0.857. The molecule has 4 rings (SSSR count). The number of likely N-dealkylation sites (tertiary alicyclic amines) is 1. The Hall–Kier alpha value is -1.95. The van der Waals surface area contributed by atoms with Crippen molar-refractivity contribution in [1.82, 2.24) is 9.88 Å². The molecule has 3 heterocycles. The Bertz CT molecular complexity index is 856. The molecule has 0 saturated carbocycles. The zero-order valence-corrected chi connectivity index (χ0v) is 14.5. The summed E-state index contributed by atoms with van der Waals surface area (Å²) in [5.41, 5.74) is 2.23. The van der Waals surface area contributed by atoms with Crippen LogP contribution in [0, 0.1) is 0 Å². The highest BCUT2D eigenvalue weighted by Crippen LogP contribution is 2.49. The highest BCUT2D eigenvalue weighted by Gasteiger charge is 2.46. The fraction of sp³-hybridized carbons (Fsp3) is 0.368. The topological polar surface area (TPSA) is 62.4 Å². The van der Waals surface area contributed by atoms with Gasteiger partial charge in [-0.3, -0.25) is 9.69 Å². The lowest BCUT2D eigenvalue weighted by molar-refractivity contribution is -0.137. The molecule has 130 valence electrons. The third-order valence-corrected chi connectivity index (χ3v) is 5.48. The van der Waals surface area contributed by atoms with E-state index in [0.29, 0.717) is 11.6 Å². The maximum Gasteiger partial charge on any atom is 0.252 e. The molecule has 2 aromatic rings. The number of benzene rings is 1. The van der Waals surface area contributed by atoms with E-state index in [4.69, 9.17) is 16.3 Å². The number of aromatic nitrogens is 1. The van der Waals surface area contributed by atoms with Gasteiger partial charge in [0.1, 0.15) is 6.10 Å². The molecule has 1 spiro atoms. The number of carbonyl (C=O) groups is 1. The van der Waals surface area contributed by atoms with E-state index in [1.165, 1.54) is 0 Å². The minimum Gasteiger partial charge on any atom is -0.355 e. The maximum atomic E-state index is 11.9. The smallest absolute Gasteiger partial charge is 0.252 e. The summed E-state index contributed by atoms with van der Waals surface area (Å²) in [5.74, 6) is 0. The molecule has 1 saturated heterocycles. The first-order valence-electron chi connectivity index (χ1n) is 8.43. The molecule has 2 aliphatic heterocycles. The standard InChI is InChI=1S/C19H19ClN2O3/c20-14-3-4-15-16(10-14)19(25-17(15)12-23)5-8-22(9-6-19)11-13-2-1-7-21-18(13)24/h1-4,7,10,12,17H,5-6,8-9,11H2,(H,21,24). The Morgan fingerprint density at radius 3 is 2.84 bits per heavy atom. The second-order valence-corrected chi connectivity index (χ2v) is 7.14. The normalized spacial score (nSPS) is 22.0. The Labute approximate surface area is 150 Å². The van der Waals surface area contributed by atoms with Crippen molar-refractivity contribution in [3.05, 3.63) is 68.6 Å². The number of ether oxygens (including phenoxy) is 1. The number of rotatable bonds is 3. The summed E-state index contributed by atoms with van der Waals surface area (Å²) < 4.78 is 6.17. The first kappa shape index (κ1) is 16.5. The molecular weight excluding hydrogens is 340 g/mol. The number of hydrogen-bond donors (Lipinski definition) is 1. The Balaban J connectivity index is 1.54. The number of fused-ring (bicyclic) bond motifs is 2. The molecule has 25 heavy (non-hydrogen) atoms. The Morgan fingerprint density at radius 1 is 1.32 bits per heavy atom. The van der Waals surface area contributed by atoms with Crippen LogP contribution >= 0.6 is 11.6 Å². The number of pyridine rings is 1. The van der Waals surface area contributed by atoms with Crippen LogP contribution in [0.4, 0.5) is 0 Å². The lowest BCUT2D eigenvalue weighted by atomic mass is 9.83. The molecule has 2 aliphatic rings. The van der Waals surface area contributed by atoms with Gasteiger partial charge in [-0.15, -0.1) is 0 Å². The van der Waals surface area contributed by atoms with E-state index >= 15 is 0 Å². The fourth-order valence-electron chi connectivity index (χ4n) is 3.92. The van der Waals surface area contributed by atoms with Gasteiger partial charge >= 0.3 is 0 Å². The first-order chi connectivity index (χ1) is 12.1. The number of carbonyl (C=O) groups excluding carboxylic acids is 1. The van der Waals surface area contributed by atoms with E-state index in [2.05, 4.69) is 9.88 Å². The van der Waals surface area contributed by atoms with E-state index in [9.17, 15) is 9.59 Å². The predicted molar refractivity (Wildman–Crippen MR) is 94.6 cm³/mol. The number of aldehydes is 1. The number of aromatic amines is 1. The molecule has 0 bridgehead atoms. The van der Waals surface area contributed by atoms with Crippen molar-refractivity contribution in [3.8, 4) is 0 Å². The minimum atomic E-state index is -0.518. The van der Waals surface area contributed by atoms with Crippen LogP contribution in [0.5, 0.6) is 0 Å². The summed E-state index contributed by atoms with van der Waals surface area (Å²) in [7, 11) is 0. The van der Waals surface area contributed by atoms with Crippen LogP contribution in [0.25, 0.3) is 0 Å². The van der Waals surface area contributed by atoms with E-state index < -0.39 is 11.7 Å². The lowest BCUT2D eigenvalue weighted by Gasteiger charge is -2.39. The maximum absolute atomic E-state index is 11.9. The highest BCUT2D eigenvalue weighted by molar-refractivity contribution is 6.30. The average Bonchev–Trinajstić information content (AvgIpc) is 2.92. The van der Waals surface area contributed by atoms with Gasteiger partial charge in [0.2, 0.25) is 0 Å². The number of H-pyrrole nitrogens is 1. The third-order valence-electron chi connectivity index (χ3n) is 5.25. The zero-order valence-electron chi connectivity index (χ0n) is 13.7. The van der Waals surface area contributed by atoms with E-state index in [1.54, 1.807) is 12.3 Å². The molecule has 1 atom stereocenters. The summed E-state index contributed by atoms with van der Waals surface area (Å²) in [6, 6.07) is 9.32. The van der Waals surface area contributed by atoms with Crippen molar-refractivity contribution in [2.75, 3.05) is 13.1 Å². The third kappa shape index (κ3) is 2.92. The van der Waals surface area contributed by atoms with Crippen molar-refractivity contribution in [2.45, 2.75) is 31.1 Å². The predicted octanol–water partition coefficient (Wildman–Crippen LogP) is 2.79. The molecule has 1 aromatic carbocycles. The largest absolute Gasteiger partial charge is 0.355 e. The molecular formula is C19H19ClN2O3. The minimum absolute atomic E-state index is 0.0435. The van der Waals surface area contributed by atoms with Gasteiger partial charge in [0.05, 0.1) is 5.60 Å². The molecule has 0 aliphatic carbocycles. The molecule has 5 nitrogen and oxygen atoms in total. The van der Waals surface area contributed by atoms with Gasteiger partial charge in [-0.25, -0.2) is 0 Å². The summed E-state index contributed by atoms with van der Waals surface area (Å²) in [6.07, 6.45) is 3.53. The van der Waals surface area contributed by atoms with Crippen molar-refractivity contribution >= 4 is 17.9 Å². The summed E-state index contributed by atoms with van der Waals surface area (Å²) in [5, 5.41) is 0.659. The van der Waals surface area contributed by atoms with Crippen molar-refractivity contribution in [2.24, 2.45) is 0 Å². The van der Waals surface area contributed by atoms with E-state index in [1.807, 2.05) is 24.3 Å². The van der Waals surface area contributed by atoms with Gasteiger partial charge in [-0.1, -0.05) is 23.7 Å². The Kier molecular flexibility index (Phi) is 4.23. The average molecular weight is 359 g/mol. The van der Waals surface area contributed by atoms with E-state index in [0.717, 1.165) is 48.9 Å². The fourth-order valence-corrected chi connectivity index (χ4v) is 4.10. The number of piperidine rings is 1. The van der Waals surface area contributed by atoms with Gasteiger partial charge in [0, 0.05) is 36.4 Å². The van der Waals surface area contributed by atoms with Crippen LogP contribution in [-0.2, 0) is 21.7 Å². The van der Waals surface area contributed by atoms with Crippen molar-refractivity contribution in [1.29, 1.82) is 0 Å². The summed E-state index contributed by atoms with van der Waals surface area (Å²) >= 11 is 6.18. The highest BCUT2D eigenvalue weighted by atomic mass is 35.5. The molecule has 1 unspecified atom stereocenters. The molecule has 1 aromatic heterocycles. The van der Waals surface area contributed by atoms with Crippen LogP contribution in [0.2, 0.25) is 5.02 Å². The first-order valence-corrected chi connectivity index (χ1v) is 8.81.